The Morgan fingerprint density at radius 2 is 1.51 bits per heavy atom. The predicted octanol–water partition coefficient (Wildman–Crippen LogP) is 14.3. The summed E-state index contributed by atoms with van der Waals surface area (Å²) >= 11 is 0. The van der Waals surface area contributed by atoms with Crippen molar-refractivity contribution < 1.29 is 41.7 Å². The molecule has 1 amide bonds. The topological polar surface area (TPSA) is 102 Å². The fourth-order valence-electron chi connectivity index (χ4n) is 7.65. The molecule has 1 atom stereocenters. The zero-order valence-corrected chi connectivity index (χ0v) is 39.9. The van der Waals surface area contributed by atoms with Crippen molar-refractivity contribution in [1.82, 2.24) is 4.90 Å². The van der Waals surface area contributed by atoms with Gasteiger partial charge in [-0.05, 0) is 147 Å². The Morgan fingerprint density at radius 1 is 0.923 bits per heavy atom. The van der Waals surface area contributed by atoms with E-state index in [1.54, 1.807) is 19.9 Å². The number of amides is 1. The van der Waals surface area contributed by atoms with Gasteiger partial charge in [0.2, 0.25) is 0 Å². The lowest BCUT2D eigenvalue weighted by Crippen LogP contribution is -2.33. The highest BCUT2D eigenvalue weighted by molar-refractivity contribution is 6.01. The standard InChI is InChI=1S/C31H37NO4.C11H12FNO.C9H18.C3H5F3/c1-3-35-27-19-22(21-32-17-15-31(13-14-31)16-18-32)20-28(36-4-2)30(27)26-10-6-8-24-23(11-12-29(33)34)7-5-9-25(24)26;1-6(2)8-4-7(3)10(11(13)14)9(12)5-8;1-4-6-7-8-9(3)5-2;1-2-3(4,5)6/h5-10,19-20H,3-4,11-18,21H2,1-2H3,(H,33,34);4-5H,1H2,2-3H3,(H2,13,14);7-9H,4-6H2,1-3H3;2H2,1H3/b;;8-7-;. The van der Waals surface area contributed by atoms with Gasteiger partial charge in [-0.25, -0.2) is 4.39 Å². The van der Waals surface area contributed by atoms with Crippen LogP contribution >= 0.6 is 0 Å². The number of nitrogens with two attached hydrogens (primary N) is 1. The molecule has 4 aromatic carbocycles. The van der Waals surface area contributed by atoms with Crippen molar-refractivity contribution in [2.45, 2.75) is 132 Å². The number of hydrogen-bond acceptors (Lipinski definition) is 5. The first-order valence-corrected chi connectivity index (χ1v) is 23.2. The number of carbonyl (C=O) groups excluding carboxylic acids is 1. The highest BCUT2D eigenvalue weighted by atomic mass is 19.4. The minimum absolute atomic E-state index is 0.0463. The zero-order valence-electron chi connectivity index (χ0n) is 39.9. The molecule has 2 aliphatic rings. The third-order valence-corrected chi connectivity index (χ3v) is 11.9. The Hall–Kier alpha value is -5.16. The number of carbonyl (C=O) groups is 2. The minimum Gasteiger partial charge on any atom is -0.493 e. The van der Waals surface area contributed by atoms with Crippen LogP contribution in [-0.2, 0) is 17.8 Å². The number of unbranched alkanes of at least 4 members (excludes halogenated alkanes) is 1. The van der Waals surface area contributed by atoms with Crippen LogP contribution in [0.2, 0.25) is 0 Å². The second kappa shape index (κ2) is 26.1. The molecule has 4 aromatic rings. The normalized spacial score (nSPS) is 14.6. The largest absolute Gasteiger partial charge is 0.493 e. The van der Waals surface area contributed by atoms with E-state index in [9.17, 15) is 32.3 Å². The lowest BCUT2D eigenvalue weighted by molar-refractivity contribution is -0.137. The molecule has 1 aliphatic heterocycles. The average molecular weight is 905 g/mol. The van der Waals surface area contributed by atoms with Crippen molar-refractivity contribution in [1.29, 1.82) is 0 Å². The third-order valence-electron chi connectivity index (χ3n) is 11.9. The Kier molecular flexibility index (Phi) is 21.8. The van der Waals surface area contributed by atoms with Crippen LogP contribution in [0.4, 0.5) is 17.6 Å². The molecule has 1 spiro atoms. The summed E-state index contributed by atoms with van der Waals surface area (Å²) in [5, 5.41) is 11.4. The third kappa shape index (κ3) is 17.3. The summed E-state index contributed by atoms with van der Waals surface area (Å²) in [5.74, 6) is 0.354. The van der Waals surface area contributed by atoms with Crippen molar-refractivity contribution >= 4 is 28.2 Å². The summed E-state index contributed by atoms with van der Waals surface area (Å²) < 4.78 is 58.2. The first kappa shape index (κ1) is 54.2. The number of alkyl halides is 3. The summed E-state index contributed by atoms with van der Waals surface area (Å²) in [4.78, 5) is 24.7. The van der Waals surface area contributed by atoms with E-state index in [-0.39, 0.29) is 12.0 Å². The van der Waals surface area contributed by atoms with E-state index in [2.05, 4.69) is 74.7 Å². The number of halogens is 4. The lowest BCUT2D eigenvalue weighted by Gasteiger charge is -2.32. The van der Waals surface area contributed by atoms with Gasteiger partial charge in [-0.15, -0.1) is 0 Å². The number of aryl methyl sites for hydroxylation is 2. The van der Waals surface area contributed by atoms with E-state index in [4.69, 9.17) is 15.2 Å². The molecule has 1 aliphatic carbocycles. The van der Waals surface area contributed by atoms with Gasteiger partial charge in [0.1, 0.15) is 17.3 Å². The molecule has 1 saturated heterocycles. The van der Waals surface area contributed by atoms with Crippen molar-refractivity contribution in [3.8, 4) is 22.6 Å². The molecule has 11 heteroatoms. The van der Waals surface area contributed by atoms with Crippen LogP contribution < -0.4 is 15.2 Å². The van der Waals surface area contributed by atoms with E-state index in [0.29, 0.717) is 36.2 Å². The maximum absolute atomic E-state index is 13.4. The summed E-state index contributed by atoms with van der Waals surface area (Å²) in [7, 11) is 0. The number of piperidine rings is 1. The van der Waals surface area contributed by atoms with Gasteiger partial charge in [-0.1, -0.05) is 107 Å². The molecule has 0 radical (unpaired) electrons. The average Bonchev–Trinajstić information content (AvgIpc) is 4.02. The van der Waals surface area contributed by atoms with Gasteiger partial charge in [0.25, 0.3) is 5.91 Å². The molecule has 7 nitrogen and oxygen atoms in total. The van der Waals surface area contributed by atoms with Gasteiger partial charge in [0, 0.05) is 19.4 Å². The first-order valence-electron chi connectivity index (χ1n) is 23.2. The van der Waals surface area contributed by atoms with Crippen molar-refractivity contribution in [3.63, 3.8) is 0 Å². The van der Waals surface area contributed by atoms with E-state index < -0.39 is 30.3 Å². The summed E-state index contributed by atoms with van der Waals surface area (Å²) in [6, 6.07) is 19.7. The van der Waals surface area contributed by atoms with Crippen LogP contribution in [0.1, 0.15) is 139 Å². The number of ether oxygens (including phenoxy) is 2. The number of hydrogen-bond donors (Lipinski definition) is 2. The molecular formula is C54H72F4N2O5. The highest BCUT2D eigenvalue weighted by Crippen LogP contribution is 2.54. The Bertz CT molecular complexity index is 2150. The first-order chi connectivity index (χ1) is 30.8. The van der Waals surface area contributed by atoms with Crippen LogP contribution in [0, 0.1) is 24.1 Å². The van der Waals surface area contributed by atoms with Crippen LogP contribution in [0.5, 0.6) is 11.5 Å². The molecule has 6 rings (SSSR count). The van der Waals surface area contributed by atoms with Gasteiger partial charge in [-0.2, -0.15) is 13.2 Å². The fourth-order valence-corrected chi connectivity index (χ4v) is 7.65. The molecular weight excluding hydrogens is 833 g/mol. The minimum atomic E-state index is -3.96. The molecule has 3 N–H and O–H groups in total. The maximum atomic E-state index is 13.4. The van der Waals surface area contributed by atoms with Gasteiger partial charge in [-0.3, -0.25) is 14.5 Å². The number of nitrogens with zero attached hydrogens (tertiary/aromatic N) is 1. The summed E-state index contributed by atoms with van der Waals surface area (Å²) in [6.45, 7) is 23.3. The number of allylic oxidation sites excluding steroid dienone is 3. The number of rotatable bonds is 16. The van der Waals surface area contributed by atoms with Crippen molar-refractivity contribution in [3.05, 3.63) is 113 Å². The number of aliphatic carboxylic acids is 1. The number of fused-ring (bicyclic) bond motifs is 1. The molecule has 356 valence electrons. The van der Waals surface area contributed by atoms with Crippen LogP contribution in [0.25, 0.3) is 27.5 Å². The van der Waals surface area contributed by atoms with E-state index in [1.165, 1.54) is 56.6 Å². The zero-order chi connectivity index (χ0) is 48.3. The Labute approximate surface area is 385 Å². The van der Waals surface area contributed by atoms with E-state index >= 15 is 0 Å². The molecule has 1 saturated carbocycles. The number of likely N-dealkylation sites (tertiary alicyclic amines) is 1. The molecule has 0 bridgehead atoms. The fraction of sp³-hybridized carbons (Fsp3) is 0.481. The van der Waals surface area contributed by atoms with Crippen molar-refractivity contribution in [2.24, 2.45) is 17.1 Å². The Morgan fingerprint density at radius 3 is 1.98 bits per heavy atom. The van der Waals surface area contributed by atoms with Gasteiger partial charge in [0.05, 0.1) is 24.3 Å². The van der Waals surface area contributed by atoms with E-state index in [1.807, 2.05) is 32.0 Å². The Balaban J connectivity index is 0.000000315. The quantitative estimate of drug-likeness (QED) is 0.0858. The molecule has 2 fully saturated rings. The molecule has 0 aromatic heterocycles. The number of carboxylic acids is 1. The smallest absolute Gasteiger partial charge is 0.388 e. The monoisotopic (exact) mass is 905 g/mol. The maximum Gasteiger partial charge on any atom is 0.388 e. The second-order valence-corrected chi connectivity index (χ2v) is 17.2. The molecule has 1 heterocycles. The summed E-state index contributed by atoms with van der Waals surface area (Å²) in [6.07, 6.45) is 9.78. The SMILES string of the molecule is C=C(C)c1cc(C)c(C(N)=O)c(F)c1.CCC(F)(F)F.CCC/C=C\C(C)CC.CCOc1cc(CN2CCC3(CC2)CC3)cc(OCC)c1-c1cccc2c(CCC(=O)O)cccc12. The van der Waals surface area contributed by atoms with Crippen LogP contribution in [0.15, 0.2) is 79.4 Å². The van der Waals surface area contributed by atoms with E-state index in [0.717, 1.165) is 77.0 Å². The van der Waals surface area contributed by atoms with Gasteiger partial charge < -0.3 is 20.3 Å². The second-order valence-electron chi connectivity index (χ2n) is 17.2. The molecule has 1 unspecified atom stereocenters. The van der Waals surface area contributed by atoms with Crippen LogP contribution in [0.3, 0.4) is 0 Å². The number of carboxylic acid groups (broad SMARTS) is 1. The van der Waals surface area contributed by atoms with Gasteiger partial charge >= 0.3 is 12.1 Å². The lowest BCUT2D eigenvalue weighted by atomic mass is 9.92. The van der Waals surface area contributed by atoms with Crippen molar-refractivity contribution in [2.75, 3.05) is 26.3 Å². The highest BCUT2D eigenvalue weighted by Gasteiger charge is 2.44. The summed E-state index contributed by atoms with van der Waals surface area (Å²) in [5.41, 5.74) is 11.9. The number of benzene rings is 4. The predicted molar refractivity (Wildman–Crippen MR) is 258 cm³/mol. The van der Waals surface area contributed by atoms with Crippen LogP contribution in [-0.4, -0.2) is 54.4 Å². The van der Waals surface area contributed by atoms with Gasteiger partial charge in [0.15, 0.2) is 0 Å². The molecule has 65 heavy (non-hydrogen) atoms. The number of primary amides is 1.